The molecule has 0 saturated carbocycles. The Bertz CT molecular complexity index is 649. The number of esters is 1. The van der Waals surface area contributed by atoms with Crippen LogP contribution in [0.1, 0.15) is 47.0 Å². The highest BCUT2D eigenvalue weighted by atomic mass is 16.5. The lowest BCUT2D eigenvalue weighted by Gasteiger charge is -2.21. The van der Waals surface area contributed by atoms with E-state index in [1.807, 2.05) is 26.0 Å². The molecule has 0 bridgehead atoms. The maximum Gasteiger partial charge on any atom is 0.333 e. The Morgan fingerprint density at radius 1 is 1.29 bits per heavy atom. The average molecular weight is 330 g/mol. The first kappa shape index (κ1) is 18.4. The monoisotopic (exact) mass is 330 g/mol. The summed E-state index contributed by atoms with van der Waals surface area (Å²) in [4.78, 5) is 23.5. The number of cyclic esters (lactones) is 1. The van der Waals surface area contributed by atoms with Gasteiger partial charge in [0.1, 0.15) is 6.10 Å². The molecule has 0 saturated heterocycles. The van der Waals surface area contributed by atoms with Crippen molar-refractivity contribution in [3.8, 4) is 0 Å². The molecule has 3 atom stereocenters. The first-order chi connectivity index (χ1) is 11.3. The first-order valence-corrected chi connectivity index (χ1v) is 8.42. The van der Waals surface area contributed by atoms with Crippen LogP contribution in [0.2, 0.25) is 0 Å². The molecule has 0 radical (unpaired) electrons. The van der Waals surface area contributed by atoms with Crippen molar-refractivity contribution >= 4 is 11.8 Å². The van der Waals surface area contributed by atoms with E-state index >= 15 is 0 Å². The summed E-state index contributed by atoms with van der Waals surface area (Å²) < 4.78 is 5.39. The van der Waals surface area contributed by atoms with Gasteiger partial charge in [0.15, 0.2) is 5.78 Å². The summed E-state index contributed by atoms with van der Waals surface area (Å²) in [5, 5.41) is 9.90. The summed E-state index contributed by atoms with van der Waals surface area (Å²) >= 11 is 0. The average Bonchev–Trinajstić information content (AvgIpc) is 2.76. The molecule has 1 N–H and O–H groups in total. The van der Waals surface area contributed by atoms with Gasteiger partial charge in [-0.2, -0.15) is 0 Å². The van der Waals surface area contributed by atoms with E-state index < -0.39 is 12.0 Å². The number of carbonyl (C=O) groups is 2. The number of aliphatic hydroxyl groups is 1. The Hall–Kier alpha value is -1.94. The molecule has 0 spiro atoms. The second kappa shape index (κ2) is 7.75. The van der Waals surface area contributed by atoms with Crippen molar-refractivity contribution in [2.45, 2.75) is 59.2 Å². The van der Waals surface area contributed by atoms with Crippen molar-refractivity contribution in [2.24, 2.45) is 5.92 Å². The van der Waals surface area contributed by atoms with E-state index in [1.54, 1.807) is 19.9 Å². The largest absolute Gasteiger partial charge is 0.454 e. The number of hydrogen-bond acceptors (Lipinski definition) is 4. The lowest BCUT2D eigenvalue weighted by Crippen LogP contribution is -2.23. The van der Waals surface area contributed by atoms with E-state index in [0.717, 1.165) is 30.4 Å². The molecule has 130 valence electrons. The molecule has 2 aliphatic rings. The predicted octanol–water partition coefficient (Wildman–Crippen LogP) is 3.43. The van der Waals surface area contributed by atoms with Gasteiger partial charge in [-0.1, -0.05) is 23.8 Å². The molecule has 0 aromatic heterocycles. The molecule has 0 amide bonds. The standard InChI is InChI=1S/C20H26O4/c1-12(10-16-17(21)11-15(4)19(16)22)6-5-7-13(2)18-9-8-14(3)20(23)24-18/h7-8,10-11,16-18,21H,5-6,9H2,1-4H3/b12-10+,13-7+/t16-,17-,18+/m1/s1. The highest BCUT2D eigenvalue weighted by Gasteiger charge is 2.30. The molecule has 4 heteroatoms. The Morgan fingerprint density at radius 3 is 2.58 bits per heavy atom. The third kappa shape index (κ3) is 4.32. The zero-order valence-corrected chi connectivity index (χ0v) is 14.8. The first-order valence-electron chi connectivity index (χ1n) is 8.42. The highest BCUT2D eigenvalue weighted by molar-refractivity contribution is 6.01. The van der Waals surface area contributed by atoms with E-state index in [4.69, 9.17) is 4.74 Å². The summed E-state index contributed by atoms with van der Waals surface area (Å²) in [7, 11) is 0. The van der Waals surface area contributed by atoms with Crippen molar-refractivity contribution < 1.29 is 19.4 Å². The minimum Gasteiger partial charge on any atom is -0.454 e. The number of allylic oxidation sites excluding steroid dienone is 3. The normalized spacial score (nSPS) is 28.6. The van der Waals surface area contributed by atoms with Crippen LogP contribution in [-0.4, -0.2) is 29.1 Å². The van der Waals surface area contributed by atoms with Crippen molar-refractivity contribution in [3.63, 3.8) is 0 Å². The van der Waals surface area contributed by atoms with Gasteiger partial charge in [0, 0.05) is 12.0 Å². The van der Waals surface area contributed by atoms with Crippen LogP contribution in [0.4, 0.5) is 0 Å². The van der Waals surface area contributed by atoms with Crippen molar-refractivity contribution in [1.82, 2.24) is 0 Å². The van der Waals surface area contributed by atoms with E-state index in [9.17, 15) is 14.7 Å². The third-order valence-electron chi connectivity index (χ3n) is 4.67. The number of Topliss-reactive ketones (excluding diaryl/α,β-unsaturated/α-hetero) is 1. The maximum absolute atomic E-state index is 12.0. The van der Waals surface area contributed by atoms with Gasteiger partial charge in [-0.3, -0.25) is 4.79 Å². The number of ether oxygens (including phenoxy) is 1. The number of carbonyl (C=O) groups excluding carboxylic acids is 2. The summed E-state index contributed by atoms with van der Waals surface area (Å²) in [6, 6.07) is 0. The van der Waals surface area contributed by atoms with Crippen LogP contribution in [-0.2, 0) is 14.3 Å². The molecular weight excluding hydrogens is 304 g/mol. The summed E-state index contributed by atoms with van der Waals surface area (Å²) in [5.74, 6) is -0.681. The minimum absolute atomic E-state index is 0.00449. The molecular formula is C20H26O4. The lowest BCUT2D eigenvalue weighted by molar-refractivity contribution is -0.143. The Balaban J connectivity index is 1.88. The molecule has 0 unspecified atom stereocenters. The second-order valence-electron chi connectivity index (χ2n) is 6.75. The van der Waals surface area contributed by atoms with Gasteiger partial charge < -0.3 is 9.84 Å². The van der Waals surface area contributed by atoms with Gasteiger partial charge in [0.25, 0.3) is 0 Å². The van der Waals surface area contributed by atoms with E-state index in [2.05, 4.69) is 6.08 Å². The Morgan fingerprint density at radius 2 is 2.00 bits per heavy atom. The number of aliphatic hydroxyl groups excluding tert-OH is 1. The second-order valence-corrected chi connectivity index (χ2v) is 6.75. The molecule has 24 heavy (non-hydrogen) atoms. The van der Waals surface area contributed by atoms with Crippen LogP contribution < -0.4 is 0 Å². The van der Waals surface area contributed by atoms with Gasteiger partial charge in [0.05, 0.1) is 12.0 Å². The fourth-order valence-electron chi connectivity index (χ4n) is 3.00. The van der Waals surface area contributed by atoms with E-state index in [-0.39, 0.29) is 17.9 Å². The molecule has 4 nitrogen and oxygen atoms in total. The van der Waals surface area contributed by atoms with Crippen LogP contribution in [0.25, 0.3) is 0 Å². The molecule has 0 aromatic rings. The topological polar surface area (TPSA) is 63.6 Å². The van der Waals surface area contributed by atoms with Gasteiger partial charge >= 0.3 is 5.97 Å². The minimum atomic E-state index is -0.707. The smallest absolute Gasteiger partial charge is 0.333 e. The van der Waals surface area contributed by atoms with Crippen LogP contribution in [0.15, 0.2) is 46.6 Å². The number of rotatable bonds is 5. The van der Waals surface area contributed by atoms with Crippen LogP contribution in [0.5, 0.6) is 0 Å². The number of hydrogen-bond donors (Lipinski definition) is 1. The molecule has 0 aromatic carbocycles. The van der Waals surface area contributed by atoms with E-state index in [0.29, 0.717) is 11.1 Å². The molecule has 1 heterocycles. The Kier molecular flexibility index (Phi) is 5.94. The molecule has 1 aliphatic carbocycles. The van der Waals surface area contributed by atoms with Gasteiger partial charge in [-0.15, -0.1) is 0 Å². The van der Waals surface area contributed by atoms with E-state index in [1.165, 1.54) is 0 Å². The SMILES string of the molecule is CC1=CC[C@@H](/C(C)=C/CC/C(C)=C/[C@H]2C(=O)C(C)=C[C@H]2O)OC1=O. The summed E-state index contributed by atoms with van der Waals surface area (Å²) in [6.45, 7) is 7.45. The van der Waals surface area contributed by atoms with Crippen LogP contribution in [0, 0.1) is 5.92 Å². The fraction of sp³-hybridized carbons (Fsp3) is 0.500. The third-order valence-corrected chi connectivity index (χ3v) is 4.67. The zero-order chi connectivity index (χ0) is 17.9. The maximum atomic E-state index is 12.0. The summed E-state index contributed by atoms with van der Waals surface area (Å²) in [5.41, 5.74) is 3.43. The summed E-state index contributed by atoms with van der Waals surface area (Å²) in [6.07, 6.45) is 8.96. The molecule has 1 aliphatic heterocycles. The van der Waals surface area contributed by atoms with Gasteiger partial charge in [0.2, 0.25) is 0 Å². The number of ketones is 1. The fourth-order valence-corrected chi connectivity index (χ4v) is 3.00. The highest BCUT2D eigenvalue weighted by Crippen LogP contribution is 2.25. The van der Waals surface area contributed by atoms with Crippen LogP contribution in [0.3, 0.4) is 0 Å². The van der Waals surface area contributed by atoms with Gasteiger partial charge in [-0.25, -0.2) is 4.79 Å². The predicted molar refractivity (Wildman–Crippen MR) is 93.3 cm³/mol. The van der Waals surface area contributed by atoms with Crippen molar-refractivity contribution in [2.75, 3.05) is 0 Å². The van der Waals surface area contributed by atoms with Crippen LogP contribution >= 0.6 is 0 Å². The quantitative estimate of drug-likeness (QED) is 0.619. The van der Waals surface area contributed by atoms with Gasteiger partial charge in [-0.05, 0) is 57.8 Å². The lowest BCUT2D eigenvalue weighted by atomic mass is 9.97. The van der Waals surface area contributed by atoms with Crippen molar-refractivity contribution in [3.05, 3.63) is 46.6 Å². The Labute approximate surface area is 143 Å². The molecule has 0 fully saturated rings. The molecule has 2 rings (SSSR count). The zero-order valence-electron chi connectivity index (χ0n) is 14.8. The van der Waals surface area contributed by atoms with Crippen molar-refractivity contribution in [1.29, 1.82) is 0 Å².